The molecular formula is C9H11NO2. The predicted octanol–water partition coefficient (Wildman–Crippen LogP) is 0.950. The highest BCUT2D eigenvalue weighted by molar-refractivity contribution is 5.54. The van der Waals surface area contributed by atoms with Crippen LogP contribution in [-0.4, -0.2) is 16.4 Å². The van der Waals surface area contributed by atoms with Gasteiger partial charge in [0.15, 0.2) is 0 Å². The number of aliphatic hydroxyl groups is 1. The Hall–Kier alpha value is -1.22. The number of pyridine rings is 1. The van der Waals surface area contributed by atoms with Crippen LogP contribution in [0.5, 0.6) is 0 Å². The minimum Gasteiger partial charge on any atom is -0.388 e. The van der Waals surface area contributed by atoms with Gasteiger partial charge in [-0.2, -0.15) is 0 Å². The Morgan fingerprint density at radius 2 is 2.42 bits per heavy atom. The number of rotatable bonds is 3. The fourth-order valence-electron chi connectivity index (χ4n) is 0.929. The summed E-state index contributed by atoms with van der Waals surface area (Å²) in [6.07, 6.45) is 3.18. The van der Waals surface area contributed by atoms with E-state index in [0.29, 0.717) is 5.56 Å². The molecule has 3 heteroatoms. The molecule has 1 rings (SSSR count). The van der Waals surface area contributed by atoms with Crippen molar-refractivity contribution in [3.05, 3.63) is 30.1 Å². The van der Waals surface area contributed by atoms with Gasteiger partial charge in [-0.25, -0.2) is 0 Å². The van der Waals surface area contributed by atoms with Gasteiger partial charge >= 0.3 is 0 Å². The number of aldehydes is 1. The lowest BCUT2D eigenvalue weighted by Crippen LogP contribution is -2.10. The zero-order valence-electron chi connectivity index (χ0n) is 6.84. The molecule has 1 N–H and O–H groups in total. The fourth-order valence-corrected chi connectivity index (χ4v) is 0.929. The molecular weight excluding hydrogens is 154 g/mol. The number of aromatic nitrogens is 1. The Kier molecular flexibility index (Phi) is 2.94. The molecule has 0 aliphatic heterocycles. The zero-order chi connectivity index (χ0) is 8.97. The van der Waals surface area contributed by atoms with Crippen molar-refractivity contribution in [2.75, 3.05) is 0 Å². The Morgan fingerprint density at radius 1 is 1.67 bits per heavy atom. The summed E-state index contributed by atoms with van der Waals surface area (Å²) >= 11 is 0. The van der Waals surface area contributed by atoms with Crippen LogP contribution >= 0.6 is 0 Å². The summed E-state index contributed by atoms with van der Waals surface area (Å²) in [5.74, 6) is -0.380. The summed E-state index contributed by atoms with van der Waals surface area (Å²) in [7, 11) is 0. The van der Waals surface area contributed by atoms with Crippen LogP contribution in [0.1, 0.15) is 18.6 Å². The molecule has 1 aromatic rings. The van der Waals surface area contributed by atoms with Crippen molar-refractivity contribution < 1.29 is 9.90 Å². The first-order valence-electron chi connectivity index (χ1n) is 3.79. The highest BCUT2D eigenvalue weighted by Gasteiger charge is 2.14. The first kappa shape index (κ1) is 8.87. The second-order valence-electron chi connectivity index (χ2n) is 2.73. The molecule has 3 nitrogen and oxygen atoms in total. The third-order valence-electron chi connectivity index (χ3n) is 1.74. The van der Waals surface area contributed by atoms with E-state index in [0.717, 1.165) is 6.29 Å². The van der Waals surface area contributed by atoms with Gasteiger partial charge in [0.05, 0.1) is 6.10 Å². The molecule has 2 atom stereocenters. The maximum Gasteiger partial charge on any atom is 0.125 e. The zero-order valence-corrected chi connectivity index (χ0v) is 6.84. The van der Waals surface area contributed by atoms with Gasteiger partial charge in [0.1, 0.15) is 6.29 Å². The second kappa shape index (κ2) is 3.97. The molecule has 64 valence electrons. The third-order valence-corrected chi connectivity index (χ3v) is 1.74. The van der Waals surface area contributed by atoms with E-state index in [4.69, 9.17) is 0 Å². The van der Waals surface area contributed by atoms with Gasteiger partial charge in [0, 0.05) is 18.3 Å². The molecule has 0 saturated heterocycles. The van der Waals surface area contributed by atoms with Crippen LogP contribution in [0.4, 0.5) is 0 Å². The standard InChI is InChI=1S/C9H11NO2/c1-7(6-11)9(12)8-3-2-4-10-5-8/h2-7,9,12H,1H3. The number of nitrogens with zero attached hydrogens (tertiary/aromatic N) is 1. The van der Waals surface area contributed by atoms with Crippen molar-refractivity contribution >= 4 is 6.29 Å². The smallest absolute Gasteiger partial charge is 0.125 e. The van der Waals surface area contributed by atoms with Gasteiger partial charge < -0.3 is 9.90 Å². The Labute approximate surface area is 71.1 Å². The van der Waals surface area contributed by atoms with E-state index < -0.39 is 6.10 Å². The van der Waals surface area contributed by atoms with Crippen molar-refractivity contribution in [1.82, 2.24) is 4.98 Å². The van der Waals surface area contributed by atoms with Gasteiger partial charge in [-0.3, -0.25) is 4.98 Å². The predicted molar refractivity (Wildman–Crippen MR) is 44.4 cm³/mol. The summed E-state index contributed by atoms with van der Waals surface area (Å²) < 4.78 is 0. The van der Waals surface area contributed by atoms with Crippen molar-refractivity contribution in [2.24, 2.45) is 5.92 Å². The van der Waals surface area contributed by atoms with Crippen LogP contribution < -0.4 is 0 Å². The molecule has 1 heterocycles. The molecule has 12 heavy (non-hydrogen) atoms. The molecule has 0 radical (unpaired) electrons. The minimum atomic E-state index is -0.740. The molecule has 0 saturated carbocycles. The summed E-state index contributed by atoms with van der Waals surface area (Å²) in [5, 5.41) is 9.52. The Balaban J connectivity index is 2.78. The molecule has 0 spiro atoms. The first-order chi connectivity index (χ1) is 5.75. The molecule has 2 unspecified atom stereocenters. The highest BCUT2D eigenvalue weighted by atomic mass is 16.3. The van der Waals surface area contributed by atoms with E-state index in [2.05, 4.69) is 4.98 Å². The van der Waals surface area contributed by atoms with Crippen molar-refractivity contribution in [2.45, 2.75) is 13.0 Å². The van der Waals surface area contributed by atoms with Crippen LogP contribution in [0, 0.1) is 5.92 Å². The molecule has 0 fully saturated rings. The van der Waals surface area contributed by atoms with Crippen LogP contribution in [0.2, 0.25) is 0 Å². The van der Waals surface area contributed by atoms with Crippen LogP contribution in [0.3, 0.4) is 0 Å². The minimum absolute atomic E-state index is 0.380. The quantitative estimate of drug-likeness (QED) is 0.678. The summed E-state index contributed by atoms with van der Waals surface area (Å²) in [6, 6.07) is 3.48. The van der Waals surface area contributed by atoms with E-state index in [1.54, 1.807) is 31.5 Å². The lowest BCUT2D eigenvalue weighted by Gasteiger charge is -2.12. The first-order valence-corrected chi connectivity index (χ1v) is 3.79. The summed E-state index contributed by atoms with van der Waals surface area (Å²) in [5.41, 5.74) is 0.678. The monoisotopic (exact) mass is 165 g/mol. The SMILES string of the molecule is CC(C=O)C(O)c1cccnc1. The van der Waals surface area contributed by atoms with Crippen LogP contribution in [0.15, 0.2) is 24.5 Å². The maximum atomic E-state index is 10.3. The molecule has 0 aliphatic rings. The summed E-state index contributed by atoms with van der Waals surface area (Å²) in [6.45, 7) is 1.67. The van der Waals surface area contributed by atoms with Gasteiger partial charge in [-0.15, -0.1) is 0 Å². The van der Waals surface area contributed by atoms with E-state index >= 15 is 0 Å². The number of hydrogen-bond acceptors (Lipinski definition) is 3. The lowest BCUT2D eigenvalue weighted by atomic mass is 10.0. The van der Waals surface area contributed by atoms with Gasteiger partial charge in [-0.05, 0) is 11.6 Å². The van der Waals surface area contributed by atoms with Crippen LogP contribution in [-0.2, 0) is 4.79 Å². The number of carbonyl (C=O) groups excluding carboxylic acids is 1. The van der Waals surface area contributed by atoms with Crippen molar-refractivity contribution in [3.63, 3.8) is 0 Å². The highest BCUT2D eigenvalue weighted by Crippen LogP contribution is 2.18. The molecule has 0 amide bonds. The average Bonchev–Trinajstić information content (AvgIpc) is 2.17. The summed E-state index contributed by atoms with van der Waals surface area (Å²) in [4.78, 5) is 14.2. The van der Waals surface area contributed by atoms with E-state index in [1.165, 1.54) is 0 Å². The molecule has 1 aromatic heterocycles. The number of carbonyl (C=O) groups is 1. The third kappa shape index (κ3) is 1.89. The van der Waals surface area contributed by atoms with Gasteiger partial charge in [-0.1, -0.05) is 13.0 Å². The van der Waals surface area contributed by atoms with Crippen molar-refractivity contribution in [1.29, 1.82) is 0 Å². The lowest BCUT2D eigenvalue weighted by molar-refractivity contribution is -0.113. The van der Waals surface area contributed by atoms with E-state index in [1.807, 2.05) is 0 Å². The van der Waals surface area contributed by atoms with Gasteiger partial charge in [0.2, 0.25) is 0 Å². The maximum absolute atomic E-state index is 10.3. The van der Waals surface area contributed by atoms with E-state index in [9.17, 15) is 9.90 Å². The second-order valence-corrected chi connectivity index (χ2v) is 2.73. The fraction of sp³-hybridized carbons (Fsp3) is 0.333. The van der Waals surface area contributed by atoms with Crippen molar-refractivity contribution in [3.8, 4) is 0 Å². The molecule has 0 bridgehead atoms. The van der Waals surface area contributed by atoms with Crippen LogP contribution in [0.25, 0.3) is 0 Å². The Morgan fingerprint density at radius 3 is 2.92 bits per heavy atom. The normalized spacial score (nSPS) is 15.2. The molecule has 0 aliphatic carbocycles. The number of hydrogen-bond donors (Lipinski definition) is 1. The average molecular weight is 165 g/mol. The topological polar surface area (TPSA) is 50.2 Å². The Bertz CT molecular complexity index is 248. The number of aliphatic hydroxyl groups excluding tert-OH is 1. The molecule has 0 aromatic carbocycles. The van der Waals surface area contributed by atoms with E-state index in [-0.39, 0.29) is 5.92 Å². The largest absolute Gasteiger partial charge is 0.388 e. The van der Waals surface area contributed by atoms with Gasteiger partial charge in [0.25, 0.3) is 0 Å².